The number of rotatable bonds is 3. The Morgan fingerprint density at radius 2 is 1.92 bits per heavy atom. The summed E-state index contributed by atoms with van der Waals surface area (Å²) in [5.74, 6) is 0.580. The van der Waals surface area contributed by atoms with Crippen LogP contribution in [-0.4, -0.2) is 19.3 Å². The first-order valence-corrected chi connectivity index (χ1v) is 7.75. The monoisotopic (exact) mass is 340 g/mol. The molecule has 2 aromatic heterocycles. The summed E-state index contributed by atoms with van der Waals surface area (Å²) in [6.45, 7) is 0. The molecule has 0 fully saturated rings. The summed E-state index contributed by atoms with van der Waals surface area (Å²) in [4.78, 5) is 16.8. The van der Waals surface area contributed by atoms with Crippen molar-refractivity contribution in [2.45, 2.75) is 6.42 Å². The fourth-order valence-electron chi connectivity index (χ4n) is 2.64. The Morgan fingerprint density at radius 3 is 2.62 bits per heavy atom. The van der Waals surface area contributed by atoms with Crippen LogP contribution in [-0.2, 0) is 13.5 Å². The van der Waals surface area contributed by atoms with Gasteiger partial charge in [0.1, 0.15) is 5.52 Å². The Labute approximate surface area is 141 Å². The molecule has 0 unspecified atom stereocenters. The van der Waals surface area contributed by atoms with Gasteiger partial charge in [-0.25, -0.2) is 19.0 Å². The number of oxazole rings is 1. The highest BCUT2D eigenvalue weighted by atomic mass is 35.5. The second-order valence-electron chi connectivity index (χ2n) is 5.40. The molecule has 0 amide bonds. The van der Waals surface area contributed by atoms with Crippen LogP contribution in [0.25, 0.3) is 16.8 Å². The molecular weight excluding hydrogens is 328 g/mol. The first-order valence-electron chi connectivity index (χ1n) is 7.38. The van der Waals surface area contributed by atoms with Crippen LogP contribution in [0.1, 0.15) is 11.5 Å². The molecular formula is C17H13ClN4O2. The Bertz CT molecular complexity index is 1080. The fraction of sp³-hybridized carbons (Fsp3) is 0.118. The molecule has 0 N–H and O–H groups in total. The average molecular weight is 341 g/mol. The number of nitrogens with zero attached hydrogens (tertiary/aromatic N) is 4. The molecule has 0 spiro atoms. The number of para-hydroxylation sites is 1. The van der Waals surface area contributed by atoms with E-state index in [-0.39, 0.29) is 11.0 Å². The van der Waals surface area contributed by atoms with E-state index in [0.717, 1.165) is 5.56 Å². The summed E-state index contributed by atoms with van der Waals surface area (Å²) < 4.78 is 8.33. The van der Waals surface area contributed by atoms with Gasteiger partial charge < -0.3 is 4.42 Å². The lowest BCUT2D eigenvalue weighted by atomic mass is 10.1. The van der Waals surface area contributed by atoms with Crippen molar-refractivity contribution in [1.82, 2.24) is 19.3 Å². The highest BCUT2D eigenvalue weighted by molar-refractivity contribution is 6.28. The number of aromatic nitrogens is 4. The molecule has 0 saturated carbocycles. The lowest BCUT2D eigenvalue weighted by molar-refractivity contribution is 0.544. The molecule has 0 bridgehead atoms. The van der Waals surface area contributed by atoms with Gasteiger partial charge in [0.05, 0.1) is 5.69 Å². The van der Waals surface area contributed by atoms with Crippen molar-refractivity contribution in [3.63, 3.8) is 0 Å². The van der Waals surface area contributed by atoms with Crippen LogP contribution in [0.3, 0.4) is 0 Å². The molecule has 24 heavy (non-hydrogen) atoms. The number of fused-ring (bicyclic) bond motifs is 1. The van der Waals surface area contributed by atoms with Crippen molar-refractivity contribution in [3.8, 4) is 5.69 Å². The van der Waals surface area contributed by atoms with Gasteiger partial charge in [-0.15, -0.1) is 5.10 Å². The third-order valence-corrected chi connectivity index (χ3v) is 4.01. The summed E-state index contributed by atoms with van der Waals surface area (Å²) in [5.41, 5.74) is 2.51. The van der Waals surface area contributed by atoms with E-state index in [4.69, 9.17) is 16.0 Å². The number of benzene rings is 2. The Balaban J connectivity index is 1.85. The summed E-state index contributed by atoms with van der Waals surface area (Å²) in [5, 5.41) is 4.03. The largest absolute Gasteiger partial charge is 0.440 e. The smallest absolute Gasteiger partial charge is 0.351 e. The van der Waals surface area contributed by atoms with E-state index in [0.29, 0.717) is 29.1 Å². The second kappa shape index (κ2) is 5.65. The Hall–Kier alpha value is -2.86. The number of aryl methyl sites for hydroxylation is 1. The standard InChI is InChI=1S/C17H13ClN4O2/c1-21-17(23)22(16(18)20-21)12-8-5-9-13-15(12)19-14(24-13)10-11-6-3-2-4-7-11/h2-9H,10H2,1H3. The van der Waals surface area contributed by atoms with Crippen molar-refractivity contribution in [2.75, 3.05) is 0 Å². The minimum absolute atomic E-state index is 0.0857. The fourth-order valence-corrected chi connectivity index (χ4v) is 2.92. The zero-order valence-corrected chi connectivity index (χ0v) is 13.6. The maximum Gasteiger partial charge on any atom is 0.351 e. The van der Waals surface area contributed by atoms with E-state index in [9.17, 15) is 4.79 Å². The molecule has 0 saturated heterocycles. The van der Waals surface area contributed by atoms with Crippen molar-refractivity contribution >= 4 is 22.7 Å². The molecule has 0 radical (unpaired) electrons. The molecule has 0 aliphatic rings. The van der Waals surface area contributed by atoms with E-state index >= 15 is 0 Å². The predicted octanol–water partition coefficient (Wildman–Crippen LogP) is 2.96. The van der Waals surface area contributed by atoms with Gasteiger partial charge in [-0.1, -0.05) is 36.4 Å². The van der Waals surface area contributed by atoms with E-state index in [2.05, 4.69) is 10.1 Å². The highest BCUT2D eigenvalue weighted by Gasteiger charge is 2.17. The van der Waals surface area contributed by atoms with Crippen LogP contribution in [0.2, 0.25) is 5.28 Å². The van der Waals surface area contributed by atoms with Gasteiger partial charge in [-0.2, -0.15) is 0 Å². The molecule has 4 rings (SSSR count). The molecule has 0 aliphatic heterocycles. The maximum atomic E-state index is 12.3. The first-order chi connectivity index (χ1) is 11.6. The van der Waals surface area contributed by atoms with E-state index in [1.54, 1.807) is 19.2 Å². The van der Waals surface area contributed by atoms with E-state index in [1.165, 1.54) is 9.25 Å². The SMILES string of the molecule is Cn1nc(Cl)n(-c2cccc3oc(Cc4ccccc4)nc23)c1=O. The Morgan fingerprint density at radius 1 is 1.12 bits per heavy atom. The van der Waals surface area contributed by atoms with Crippen LogP contribution in [0.5, 0.6) is 0 Å². The average Bonchev–Trinajstić information content (AvgIpc) is 3.09. The lowest BCUT2D eigenvalue weighted by Crippen LogP contribution is -2.21. The Kier molecular flexibility index (Phi) is 3.46. The van der Waals surface area contributed by atoms with Gasteiger partial charge in [0.15, 0.2) is 11.5 Å². The molecule has 2 aromatic carbocycles. The van der Waals surface area contributed by atoms with Crippen LogP contribution >= 0.6 is 11.6 Å². The van der Waals surface area contributed by atoms with Crippen molar-refractivity contribution in [1.29, 1.82) is 0 Å². The van der Waals surface area contributed by atoms with Gasteiger partial charge in [0.25, 0.3) is 0 Å². The summed E-state index contributed by atoms with van der Waals surface area (Å²) in [7, 11) is 1.55. The van der Waals surface area contributed by atoms with Gasteiger partial charge in [-0.05, 0) is 29.3 Å². The third kappa shape index (κ3) is 2.41. The molecule has 120 valence electrons. The van der Waals surface area contributed by atoms with Crippen LogP contribution in [0.4, 0.5) is 0 Å². The van der Waals surface area contributed by atoms with Gasteiger partial charge in [0.2, 0.25) is 5.28 Å². The van der Waals surface area contributed by atoms with Crippen molar-refractivity contribution in [2.24, 2.45) is 7.05 Å². The summed E-state index contributed by atoms with van der Waals surface area (Å²) in [6, 6.07) is 15.3. The zero-order valence-electron chi connectivity index (χ0n) is 12.8. The minimum Gasteiger partial charge on any atom is -0.440 e. The van der Waals surface area contributed by atoms with E-state index < -0.39 is 0 Å². The summed E-state index contributed by atoms with van der Waals surface area (Å²) in [6.07, 6.45) is 0.574. The number of hydrogen-bond donors (Lipinski definition) is 0. The molecule has 6 nitrogen and oxygen atoms in total. The van der Waals surface area contributed by atoms with Crippen LogP contribution < -0.4 is 5.69 Å². The van der Waals surface area contributed by atoms with Gasteiger partial charge in [-0.3, -0.25) is 0 Å². The van der Waals surface area contributed by atoms with Crippen LogP contribution in [0.15, 0.2) is 57.7 Å². The third-order valence-electron chi connectivity index (χ3n) is 3.77. The number of halogens is 1. The maximum absolute atomic E-state index is 12.3. The molecule has 2 heterocycles. The normalized spacial score (nSPS) is 11.2. The summed E-state index contributed by atoms with van der Waals surface area (Å²) >= 11 is 6.09. The molecule has 4 aromatic rings. The highest BCUT2D eigenvalue weighted by Crippen LogP contribution is 2.24. The van der Waals surface area contributed by atoms with Gasteiger partial charge >= 0.3 is 5.69 Å². The zero-order chi connectivity index (χ0) is 16.7. The molecule has 0 atom stereocenters. The molecule has 7 heteroatoms. The van der Waals surface area contributed by atoms with Crippen molar-refractivity contribution < 1.29 is 4.42 Å². The van der Waals surface area contributed by atoms with E-state index in [1.807, 2.05) is 36.4 Å². The predicted molar refractivity (Wildman–Crippen MR) is 90.6 cm³/mol. The quantitative estimate of drug-likeness (QED) is 0.575. The lowest BCUT2D eigenvalue weighted by Gasteiger charge is -2.01. The molecule has 0 aliphatic carbocycles. The minimum atomic E-state index is -0.333. The van der Waals surface area contributed by atoms with Crippen molar-refractivity contribution in [3.05, 3.63) is 75.8 Å². The number of hydrogen-bond acceptors (Lipinski definition) is 4. The second-order valence-corrected chi connectivity index (χ2v) is 5.74. The topological polar surface area (TPSA) is 65.8 Å². The van der Waals surface area contributed by atoms with Gasteiger partial charge in [0, 0.05) is 13.5 Å². The van der Waals surface area contributed by atoms with Crippen LogP contribution in [0, 0.1) is 0 Å². The first kappa shape index (κ1) is 14.7.